The van der Waals surface area contributed by atoms with Crippen molar-refractivity contribution in [2.75, 3.05) is 4.72 Å². The standard InChI is InChI=1S/C14H14FNO3S/c1-10-5-6-12(15)8-14(10)16-20(18,19)13-4-2-3-11(7-13)9-17/h2-8,16-17H,9H2,1H3. The van der Waals surface area contributed by atoms with Crippen LogP contribution in [0.4, 0.5) is 10.1 Å². The van der Waals surface area contributed by atoms with Crippen LogP contribution in [0.2, 0.25) is 0 Å². The van der Waals surface area contributed by atoms with Crippen LogP contribution in [0, 0.1) is 12.7 Å². The molecule has 2 aromatic rings. The molecular weight excluding hydrogens is 281 g/mol. The molecule has 106 valence electrons. The first-order valence-electron chi connectivity index (χ1n) is 5.91. The van der Waals surface area contributed by atoms with Crippen LogP contribution in [0.1, 0.15) is 11.1 Å². The molecule has 4 nitrogen and oxygen atoms in total. The van der Waals surface area contributed by atoms with Crippen LogP contribution in [0.5, 0.6) is 0 Å². The third kappa shape index (κ3) is 3.15. The van der Waals surface area contributed by atoms with Gasteiger partial charge < -0.3 is 5.11 Å². The van der Waals surface area contributed by atoms with Gasteiger partial charge in [0.05, 0.1) is 17.2 Å². The van der Waals surface area contributed by atoms with E-state index in [9.17, 15) is 12.8 Å². The number of anilines is 1. The molecule has 6 heteroatoms. The van der Waals surface area contributed by atoms with Gasteiger partial charge >= 0.3 is 0 Å². The number of rotatable bonds is 4. The monoisotopic (exact) mass is 295 g/mol. The number of hydrogen-bond donors (Lipinski definition) is 2. The fourth-order valence-corrected chi connectivity index (χ4v) is 2.91. The van der Waals surface area contributed by atoms with Crippen LogP contribution in [0.25, 0.3) is 0 Å². The molecule has 0 radical (unpaired) electrons. The largest absolute Gasteiger partial charge is 0.392 e. The number of aryl methyl sites for hydroxylation is 1. The minimum Gasteiger partial charge on any atom is -0.392 e. The number of aliphatic hydroxyl groups is 1. The van der Waals surface area contributed by atoms with Crippen LogP contribution in [-0.2, 0) is 16.6 Å². The molecule has 0 heterocycles. The van der Waals surface area contributed by atoms with E-state index in [4.69, 9.17) is 5.11 Å². The Labute approximate surface area is 116 Å². The van der Waals surface area contributed by atoms with E-state index in [1.54, 1.807) is 19.1 Å². The minimum atomic E-state index is -3.81. The van der Waals surface area contributed by atoms with Crippen molar-refractivity contribution in [3.63, 3.8) is 0 Å². The summed E-state index contributed by atoms with van der Waals surface area (Å²) >= 11 is 0. The van der Waals surface area contributed by atoms with E-state index >= 15 is 0 Å². The quantitative estimate of drug-likeness (QED) is 0.910. The summed E-state index contributed by atoms with van der Waals surface area (Å²) in [5, 5.41) is 9.03. The van der Waals surface area contributed by atoms with Crippen LogP contribution in [0.3, 0.4) is 0 Å². The molecule has 0 aliphatic carbocycles. The molecular formula is C14H14FNO3S. The van der Waals surface area contributed by atoms with E-state index < -0.39 is 15.8 Å². The smallest absolute Gasteiger partial charge is 0.261 e. The van der Waals surface area contributed by atoms with Crippen LogP contribution in [-0.4, -0.2) is 13.5 Å². The molecule has 0 saturated heterocycles. The maximum Gasteiger partial charge on any atom is 0.261 e. The molecule has 0 aromatic heterocycles. The highest BCUT2D eigenvalue weighted by atomic mass is 32.2. The lowest BCUT2D eigenvalue weighted by molar-refractivity contribution is 0.281. The molecule has 20 heavy (non-hydrogen) atoms. The van der Waals surface area contributed by atoms with Gasteiger partial charge in [-0.25, -0.2) is 12.8 Å². The molecule has 2 aromatic carbocycles. The molecule has 0 unspecified atom stereocenters. The zero-order valence-electron chi connectivity index (χ0n) is 10.8. The van der Waals surface area contributed by atoms with E-state index in [1.165, 1.54) is 24.3 Å². The SMILES string of the molecule is Cc1ccc(F)cc1NS(=O)(=O)c1cccc(CO)c1. The third-order valence-electron chi connectivity index (χ3n) is 2.84. The van der Waals surface area contributed by atoms with Gasteiger partial charge in [-0.15, -0.1) is 0 Å². The maximum atomic E-state index is 13.2. The van der Waals surface area contributed by atoms with Gasteiger partial charge in [0.25, 0.3) is 10.0 Å². The predicted octanol–water partition coefficient (Wildman–Crippen LogP) is 2.43. The summed E-state index contributed by atoms with van der Waals surface area (Å²) in [4.78, 5) is 0.0210. The average molecular weight is 295 g/mol. The second-order valence-corrected chi connectivity index (χ2v) is 6.05. The highest BCUT2D eigenvalue weighted by Gasteiger charge is 2.16. The molecule has 0 amide bonds. The fraction of sp³-hybridized carbons (Fsp3) is 0.143. The first kappa shape index (κ1) is 14.5. The van der Waals surface area contributed by atoms with E-state index in [0.717, 1.165) is 6.07 Å². The molecule has 0 fully saturated rings. The maximum absolute atomic E-state index is 13.2. The Morgan fingerprint density at radius 1 is 1.20 bits per heavy atom. The number of hydrogen-bond acceptors (Lipinski definition) is 3. The van der Waals surface area contributed by atoms with Crippen LogP contribution in [0.15, 0.2) is 47.4 Å². The van der Waals surface area contributed by atoms with Gasteiger partial charge in [-0.3, -0.25) is 4.72 Å². The molecule has 0 aliphatic heterocycles. The zero-order valence-corrected chi connectivity index (χ0v) is 11.6. The van der Waals surface area contributed by atoms with E-state index in [2.05, 4.69) is 4.72 Å². The Bertz CT molecular complexity index is 729. The lowest BCUT2D eigenvalue weighted by Crippen LogP contribution is -2.14. The molecule has 0 atom stereocenters. The second-order valence-electron chi connectivity index (χ2n) is 4.37. The summed E-state index contributed by atoms with van der Waals surface area (Å²) < 4.78 is 40.0. The van der Waals surface area contributed by atoms with Crippen molar-refractivity contribution in [2.45, 2.75) is 18.4 Å². The highest BCUT2D eigenvalue weighted by molar-refractivity contribution is 7.92. The van der Waals surface area contributed by atoms with Crippen molar-refractivity contribution >= 4 is 15.7 Å². The lowest BCUT2D eigenvalue weighted by Gasteiger charge is -2.11. The fourth-order valence-electron chi connectivity index (χ4n) is 1.72. The van der Waals surface area contributed by atoms with Crippen molar-refractivity contribution in [3.8, 4) is 0 Å². The first-order valence-corrected chi connectivity index (χ1v) is 7.39. The number of aliphatic hydroxyl groups excluding tert-OH is 1. The number of halogens is 1. The van der Waals surface area contributed by atoms with Gasteiger partial charge in [0.2, 0.25) is 0 Å². The molecule has 2 rings (SSSR count). The minimum absolute atomic E-state index is 0.0210. The summed E-state index contributed by atoms with van der Waals surface area (Å²) in [6, 6.07) is 9.83. The van der Waals surface area contributed by atoms with E-state index in [1.807, 2.05) is 0 Å². The highest BCUT2D eigenvalue weighted by Crippen LogP contribution is 2.21. The summed E-state index contributed by atoms with van der Waals surface area (Å²) in [5.41, 5.74) is 1.30. The summed E-state index contributed by atoms with van der Waals surface area (Å²) in [7, 11) is -3.81. The van der Waals surface area contributed by atoms with Gasteiger partial charge in [-0.05, 0) is 42.3 Å². The Morgan fingerprint density at radius 2 is 1.95 bits per heavy atom. The van der Waals surface area contributed by atoms with Crippen molar-refractivity contribution in [3.05, 3.63) is 59.4 Å². The Morgan fingerprint density at radius 3 is 2.65 bits per heavy atom. The Hall–Kier alpha value is -1.92. The summed E-state index contributed by atoms with van der Waals surface area (Å²) in [5.74, 6) is -0.516. The van der Waals surface area contributed by atoms with Gasteiger partial charge in [0.1, 0.15) is 5.82 Å². The van der Waals surface area contributed by atoms with Crippen molar-refractivity contribution in [1.29, 1.82) is 0 Å². The zero-order chi connectivity index (χ0) is 14.8. The van der Waals surface area contributed by atoms with Gasteiger partial charge in [0, 0.05) is 0 Å². The summed E-state index contributed by atoms with van der Waals surface area (Å²) in [6.45, 7) is 1.43. The van der Waals surface area contributed by atoms with E-state index in [0.29, 0.717) is 11.1 Å². The van der Waals surface area contributed by atoms with Gasteiger partial charge in [-0.2, -0.15) is 0 Å². The molecule has 0 spiro atoms. The third-order valence-corrected chi connectivity index (χ3v) is 4.20. The predicted molar refractivity (Wildman–Crippen MR) is 74.3 cm³/mol. The summed E-state index contributed by atoms with van der Waals surface area (Å²) in [6.07, 6.45) is 0. The normalized spacial score (nSPS) is 11.3. The molecule has 0 bridgehead atoms. The van der Waals surface area contributed by atoms with Crippen LogP contribution < -0.4 is 4.72 Å². The average Bonchev–Trinajstić information content (AvgIpc) is 2.43. The van der Waals surface area contributed by atoms with Gasteiger partial charge in [-0.1, -0.05) is 18.2 Å². The molecule has 0 aliphatic rings. The first-order chi connectivity index (χ1) is 9.42. The number of sulfonamides is 1. The molecule has 0 saturated carbocycles. The Kier molecular flexibility index (Phi) is 4.06. The number of nitrogens with one attached hydrogen (secondary N) is 1. The van der Waals surface area contributed by atoms with Crippen molar-refractivity contribution in [2.24, 2.45) is 0 Å². The topological polar surface area (TPSA) is 66.4 Å². The van der Waals surface area contributed by atoms with Crippen molar-refractivity contribution in [1.82, 2.24) is 0 Å². The lowest BCUT2D eigenvalue weighted by atomic mass is 10.2. The van der Waals surface area contributed by atoms with Gasteiger partial charge in [0.15, 0.2) is 0 Å². The number of benzene rings is 2. The van der Waals surface area contributed by atoms with Crippen molar-refractivity contribution < 1.29 is 17.9 Å². The van der Waals surface area contributed by atoms with E-state index in [-0.39, 0.29) is 17.2 Å². The molecule has 2 N–H and O–H groups in total. The Balaban J connectivity index is 2.38. The van der Waals surface area contributed by atoms with Crippen LogP contribution >= 0.6 is 0 Å². The second kappa shape index (κ2) is 5.60.